The summed E-state index contributed by atoms with van der Waals surface area (Å²) in [5, 5.41) is 10.1. The molecule has 0 bridgehead atoms. The molecular weight excluding hydrogens is 267 g/mol. The van der Waals surface area contributed by atoms with Gasteiger partial charge in [-0.25, -0.2) is 0 Å². The summed E-state index contributed by atoms with van der Waals surface area (Å²) >= 11 is 13.4. The fourth-order valence-electron chi connectivity index (χ4n) is 1.17. The Morgan fingerprint density at radius 1 is 1.50 bits per heavy atom. The van der Waals surface area contributed by atoms with Crippen LogP contribution in [0.3, 0.4) is 0 Å². The zero-order valence-electron chi connectivity index (χ0n) is 8.74. The van der Waals surface area contributed by atoms with E-state index in [0.717, 1.165) is 4.90 Å². The highest BCUT2D eigenvalue weighted by atomic mass is 35.5. The smallest absolute Gasteiger partial charge is 0.303 e. The first-order chi connectivity index (χ1) is 7.49. The normalized spacial score (nSPS) is 12.4. The first-order valence-electron chi connectivity index (χ1n) is 4.82. The van der Waals surface area contributed by atoms with Gasteiger partial charge < -0.3 is 5.11 Å². The standard InChI is InChI=1S/C11H12Cl2O2S/c1-7(2-5-11(14)15)16-10-6-8(12)3-4-9(10)13/h3-4,6-7H,2,5H2,1H3,(H,14,15). The van der Waals surface area contributed by atoms with Gasteiger partial charge in [0.1, 0.15) is 0 Å². The average molecular weight is 279 g/mol. The van der Waals surface area contributed by atoms with Gasteiger partial charge in [0.05, 0.1) is 5.02 Å². The summed E-state index contributed by atoms with van der Waals surface area (Å²) < 4.78 is 0. The van der Waals surface area contributed by atoms with E-state index in [0.29, 0.717) is 16.5 Å². The third-order valence-corrected chi connectivity index (χ3v) is 3.89. The maximum absolute atomic E-state index is 10.4. The van der Waals surface area contributed by atoms with Crippen LogP contribution < -0.4 is 0 Å². The van der Waals surface area contributed by atoms with Crippen molar-refractivity contribution in [3.8, 4) is 0 Å². The lowest BCUT2D eigenvalue weighted by Gasteiger charge is -2.11. The summed E-state index contributed by atoms with van der Waals surface area (Å²) in [7, 11) is 0. The van der Waals surface area contributed by atoms with Gasteiger partial charge in [-0.15, -0.1) is 11.8 Å². The summed E-state index contributed by atoms with van der Waals surface area (Å²) in [6.07, 6.45) is 0.787. The van der Waals surface area contributed by atoms with Crippen molar-refractivity contribution in [2.75, 3.05) is 0 Å². The molecule has 5 heteroatoms. The van der Waals surface area contributed by atoms with Gasteiger partial charge in [-0.2, -0.15) is 0 Å². The van der Waals surface area contributed by atoms with Crippen molar-refractivity contribution in [3.05, 3.63) is 28.2 Å². The van der Waals surface area contributed by atoms with E-state index >= 15 is 0 Å². The number of halogens is 2. The monoisotopic (exact) mass is 278 g/mol. The van der Waals surface area contributed by atoms with Crippen molar-refractivity contribution in [1.82, 2.24) is 0 Å². The van der Waals surface area contributed by atoms with E-state index in [-0.39, 0.29) is 11.7 Å². The summed E-state index contributed by atoms with van der Waals surface area (Å²) in [4.78, 5) is 11.3. The van der Waals surface area contributed by atoms with E-state index in [1.165, 1.54) is 0 Å². The van der Waals surface area contributed by atoms with E-state index in [4.69, 9.17) is 28.3 Å². The molecule has 1 N–H and O–H groups in total. The molecular formula is C11H12Cl2O2S. The van der Waals surface area contributed by atoms with Gasteiger partial charge in [0.25, 0.3) is 0 Å². The van der Waals surface area contributed by atoms with Crippen LogP contribution in [0.15, 0.2) is 23.1 Å². The van der Waals surface area contributed by atoms with Crippen molar-refractivity contribution in [2.24, 2.45) is 0 Å². The van der Waals surface area contributed by atoms with Gasteiger partial charge in [0, 0.05) is 21.6 Å². The van der Waals surface area contributed by atoms with E-state index < -0.39 is 5.97 Å². The molecule has 0 aliphatic carbocycles. The highest BCUT2D eigenvalue weighted by molar-refractivity contribution is 8.00. The maximum Gasteiger partial charge on any atom is 0.303 e. The number of carboxylic acids is 1. The van der Waals surface area contributed by atoms with Crippen molar-refractivity contribution in [1.29, 1.82) is 0 Å². The molecule has 0 saturated heterocycles. The molecule has 1 rings (SSSR count). The Morgan fingerprint density at radius 3 is 2.81 bits per heavy atom. The molecule has 0 saturated carbocycles. The molecule has 2 nitrogen and oxygen atoms in total. The fourth-order valence-corrected chi connectivity index (χ4v) is 2.70. The summed E-state index contributed by atoms with van der Waals surface area (Å²) in [6, 6.07) is 5.28. The van der Waals surface area contributed by atoms with Crippen LogP contribution in [0.1, 0.15) is 19.8 Å². The predicted octanol–water partition coefficient (Wildman–Crippen LogP) is 4.34. The molecule has 0 fully saturated rings. The van der Waals surface area contributed by atoms with Gasteiger partial charge in [-0.1, -0.05) is 30.1 Å². The SMILES string of the molecule is CC(CCC(=O)O)Sc1cc(Cl)ccc1Cl. The first kappa shape index (κ1) is 13.7. The molecule has 1 atom stereocenters. The number of rotatable bonds is 5. The third-order valence-electron chi connectivity index (χ3n) is 1.99. The number of hydrogen-bond acceptors (Lipinski definition) is 2. The van der Waals surface area contributed by atoms with Gasteiger partial charge in [0.2, 0.25) is 0 Å². The number of thioether (sulfide) groups is 1. The van der Waals surface area contributed by atoms with Crippen LogP contribution in [0.25, 0.3) is 0 Å². The Hall–Kier alpha value is -0.380. The lowest BCUT2D eigenvalue weighted by molar-refractivity contribution is -0.137. The predicted molar refractivity (Wildman–Crippen MR) is 68.7 cm³/mol. The van der Waals surface area contributed by atoms with E-state index in [9.17, 15) is 4.79 Å². The van der Waals surface area contributed by atoms with Gasteiger partial charge in [-0.05, 0) is 24.6 Å². The van der Waals surface area contributed by atoms with E-state index in [2.05, 4.69) is 0 Å². The molecule has 16 heavy (non-hydrogen) atoms. The molecule has 0 aliphatic rings. The second kappa shape index (κ2) is 6.38. The summed E-state index contributed by atoms with van der Waals surface area (Å²) in [6.45, 7) is 1.98. The number of aliphatic carboxylic acids is 1. The Kier molecular flexibility index (Phi) is 5.46. The Balaban J connectivity index is 2.58. The molecule has 0 aliphatic heterocycles. The first-order valence-corrected chi connectivity index (χ1v) is 6.46. The van der Waals surface area contributed by atoms with Crippen molar-refractivity contribution in [3.63, 3.8) is 0 Å². The van der Waals surface area contributed by atoms with E-state index in [1.807, 2.05) is 6.92 Å². The topological polar surface area (TPSA) is 37.3 Å². The number of hydrogen-bond donors (Lipinski definition) is 1. The second-order valence-electron chi connectivity index (χ2n) is 3.44. The maximum atomic E-state index is 10.4. The second-order valence-corrected chi connectivity index (χ2v) is 5.76. The molecule has 0 radical (unpaired) electrons. The van der Waals surface area contributed by atoms with Crippen LogP contribution in [-0.4, -0.2) is 16.3 Å². The highest BCUT2D eigenvalue weighted by Gasteiger charge is 2.10. The largest absolute Gasteiger partial charge is 0.481 e. The summed E-state index contributed by atoms with van der Waals surface area (Å²) in [5.74, 6) is -0.773. The van der Waals surface area contributed by atoms with Crippen LogP contribution in [-0.2, 0) is 4.79 Å². The third kappa shape index (κ3) is 4.64. The molecule has 1 unspecified atom stereocenters. The van der Waals surface area contributed by atoms with E-state index in [1.54, 1.807) is 30.0 Å². The molecule has 0 heterocycles. The van der Waals surface area contributed by atoms with Crippen LogP contribution >= 0.6 is 35.0 Å². The van der Waals surface area contributed by atoms with Crippen LogP contribution in [0, 0.1) is 0 Å². The Morgan fingerprint density at radius 2 is 2.19 bits per heavy atom. The lowest BCUT2D eigenvalue weighted by atomic mass is 10.2. The van der Waals surface area contributed by atoms with Crippen molar-refractivity contribution < 1.29 is 9.90 Å². The minimum Gasteiger partial charge on any atom is -0.481 e. The zero-order valence-corrected chi connectivity index (χ0v) is 11.1. The average Bonchev–Trinajstić information content (AvgIpc) is 2.20. The minimum absolute atomic E-state index is 0.173. The molecule has 0 spiro atoms. The van der Waals surface area contributed by atoms with Crippen LogP contribution in [0.2, 0.25) is 10.0 Å². The lowest BCUT2D eigenvalue weighted by Crippen LogP contribution is -2.02. The highest BCUT2D eigenvalue weighted by Crippen LogP contribution is 2.33. The molecule has 0 amide bonds. The van der Waals surface area contributed by atoms with Gasteiger partial charge in [0.15, 0.2) is 0 Å². The summed E-state index contributed by atoms with van der Waals surface area (Å²) in [5.41, 5.74) is 0. The Bertz CT molecular complexity index is 382. The van der Waals surface area contributed by atoms with Crippen LogP contribution in [0.4, 0.5) is 0 Å². The van der Waals surface area contributed by atoms with Crippen molar-refractivity contribution in [2.45, 2.75) is 29.9 Å². The van der Waals surface area contributed by atoms with Crippen molar-refractivity contribution >= 4 is 40.9 Å². The quantitative estimate of drug-likeness (QED) is 0.815. The fraction of sp³-hybridized carbons (Fsp3) is 0.364. The molecule has 0 aromatic heterocycles. The van der Waals surface area contributed by atoms with Crippen LogP contribution in [0.5, 0.6) is 0 Å². The number of carbonyl (C=O) groups is 1. The van der Waals surface area contributed by atoms with Gasteiger partial charge in [-0.3, -0.25) is 4.79 Å². The zero-order chi connectivity index (χ0) is 12.1. The number of carboxylic acid groups (broad SMARTS) is 1. The minimum atomic E-state index is -0.773. The molecule has 88 valence electrons. The molecule has 1 aromatic carbocycles. The van der Waals surface area contributed by atoms with Gasteiger partial charge >= 0.3 is 5.97 Å². The number of benzene rings is 1. The molecule has 1 aromatic rings. The Labute approximate surface area is 109 Å².